The van der Waals surface area contributed by atoms with Crippen molar-refractivity contribution in [2.45, 2.75) is 33.0 Å². The average Bonchev–Trinajstić information content (AvgIpc) is 2.44. The highest BCUT2D eigenvalue weighted by molar-refractivity contribution is 5.26. The number of ether oxygens (including phenoxy) is 1. The molecule has 2 aromatic rings. The van der Waals surface area contributed by atoms with E-state index in [1.165, 1.54) is 6.07 Å². The molecule has 0 aliphatic heterocycles. The molecule has 1 aromatic carbocycles. The lowest BCUT2D eigenvalue weighted by Crippen LogP contribution is -2.16. The lowest BCUT2D eigenvalue weighted by Gasteiger charge is -2.13. The van der Waals surface area contributed by atoms with Crippen molar-refractivity contribution < 1.29 is 13.5 Å². The number of pyridine rings is 1. The summed E-state index contributed by atoms with van der Waals surface area (Å²) in [5, 5.41) is 3.07. The van der Waals surface area contributed by atoms with Gasteiger partial charge in [0.2, 0.25) is 5.88 Å². The number of hydrogen-bond donors (Lipinski definition) is 1. The summed E-state index contributed by atoms with van der Waals surface area (Å²) in [5.74, 6) is -0.313. The van der Waals surface area contributed by atoms with E-state index in [-0.39, 0.29) is 12.6 Å². The van der Waals surface area contributed by atoms with Crippen molar-refractivity contribution in [3.05, 3.63) is 59.3 Å². The fraction of sp³-hybridized carbons (Fsp3) is 0.312. The van der Waals surface area contributed by atoms with Gasteiger partial charge >= 0.3 is 0 Å². The van der Waals surface area contributed by atoms with Crippen molar-refractivity contribution in [1.82, 2.24) is 10.3 Å². The van der Waals surface area contributed by atoms with Crippen LogP contribution in [0.5, 0.6) is 5.88 Å². The normalized spacial score (nSPS) is 10.9. The minimum atomic E-state index is -0.446. The third kappa shape index (κ3) is 4.49. The fourth-order valence-corrected chi connectivity index (χ4v) is 1.90. The van der Waals surface area contributed by atoms with Crippen LogP contribution in [0, 0.1) is 11.6 Å². The SMILES string of the molecule is CC(C)Oc1ncccc1CNCc1cc(F)ccc1F. The molecule has 0 aliphatic rings. The van der Waals surface area contributed by atoms with Crippen molar-refractivity contribution >= 4 is 0 Å². The van der Waals surface area contributed by atoms with Crippen LogP contribution in [0.15, 0.2) is 36.5 Å². The van der Waals surface area contributed by atoms with Gasteiger partial charge in [0.15, 0.2) is 0 Å². The van der Waals surface area contributed by atoms with E-state index < -0.39 is 11.6 Å². The van der Waals surface area contributed by atoms with Crippen molar-refractivity contribution in [1.29, 1.82) is 0 Å². The summed E-state index contributed by atoms with van der Waals surface area (Å²) >= 11 is 0. The third-order valence-electron chi connectivity index (χ3n) is 2.84. The first kappa shape index (κ1) is 15.4. The Morgan fingerprint density at radius 1 is 1.14 bits per heavy atom. The molecular weight excluding hydrogens is 274 g/mol. The molecule has 5 heteroatoms. The van der Waals surface area contributed by atoms with Crippen molar-refractivity contribution in [3.63, 3.8) is 0 Å². The maximum Gasteiger partial charge on any atom is 0.218 e. The topological polar surface area (TPSA) is 34.1 Å². The van der Waals surface area contributed by atoms with Crippen LogP contribution in [0.4, 0.5) is 8.78 Å². The Labute approximate surface area is 123 Å². The molecule has 112 valence electrons. The zero-order valence-corrected chi connectivity index (χ0v) is 12.1. The molecule has 0 saturated carbocycles. The van der Waals surface area contributed by atoms with Gasteiger partial charge in [-0.05, 0) is 38.1 Å². The van der Waals surface area contributed by atoms with Gasteiger partial charge in [-0.15, -0.1) is 0 Å². The number of nitrogens with one attached hydrogen (secondary N) is 1. The van der Waals surface area contributed by atoms with Gasteiger partial charge in [0.1, 0.15) is 11.6 Å². The molecule has 1 aromatic heterocycles. The maximum atomic E-state index is 13.5. The lowest BCUT2D eigenvalue weighted by molar-refractivity contribution is 0.229. The van der Waals surface area contributed by atoms with Crippen LogP contribution in [0.2, 0.25) is 0 Å². The van der Waals surface area contributed by atoms with Gasteiger partial charge in [-0.2, -0.15) is 0 Å². The second kappa shape index (κ2) is 7.13. The van der Waals surface area contributed by atoms with Crippen molar-refractivity contribution in [2.24, 2.45) is 0 Å². The summed E-state index contributed by atoms with van der Waals surface area (Å²) < 4.78 is 32.2. The Morgan fingerprint density at radius 2 is 1.90 bits per heavy atom. The van der Waals surface area contributed by atoms with Crippen molar-refractivity contribution in [3.8, 4) is 5.88 Å². The number of aromatic nitrogens is 1. The molecule has 0 atom stereocenters. The Balaban J connectivity index is 1.99. The number of benzene rings is 1. The maximum absolute atomic E-state index is 13.5. The van der Waals surface area contributed by atoms with Gasteiger partial charge < -0.3 is 10.1 Å². The zero-order valence-electron chi connectivity index (χ0n) is 12.1. The van der Waals surface area contributed by atoms with E-state index in [0.717, 1.165) is 17.7 Å². The first-order valence-electron chi connectivity index (χ1n) is 6.81. The molecular formula is C16H18F2N2O. The highest BCUT2D eigenvalue weighted by Gasteiger charge is 2.08. The standard InChI is InChI=1S/C16H18F2N2O/c1-11(2)21-16-12(4-3-7-20-16)9-19-10-13-8-14(17)5-6-15(13)18/h3-8,11,19H,9-10H2,1-2H3. The fourth-order valence-electron chi connectivity index (χ4n) is 1.90. The molecule has 21 heavy (non-hydrogen) atoms. The average molecular weight is 292 g/mol. The van der Waals surface area contributed by atoms with E-state index >= 15 is 0 Å². The summed E-state index contributed by atoms with van der Waals surface area (Å²) in [5.41, 5.74) is 1.17. The number of halogens is 2. The van der Waals surface area contributed by atoms with Crippen LogP contribution in [0.3, 0.4) is 0 Å². The van der Waals surface area contributed by atoms with E-state index in [2.05, 4.69) is 10.3 Å². The smallest absolute Gasteiger partial charge is 0.218 e. The molecule has 2 rings (SSSR count). The molecule has 1 heterocycles. The summed E-state index contributed by atoms with van der Waals surface area (Å²) in [4.78, 5) is 4.18. The monoisotopic (exact) mass is 292 g/mol. The van der Waals surface area contributed by atoms with E-state index in [4.69, 9.17) is 4.74 Å². The van der Waals surface area contributed by atoms with Gasteiger partial charge in [-0.1, -0.05) is 6.07 Å². The molecule has 0 fully saturated rings. The van der Waals surface area contributed by atoms with Crippen LogP contribution >= 0.6 is 0 Å². The highest BCUT2D eigenvalue weighted by atomic mass is 19.1. The molecule has 3 nitrogen and oxygen atoms in total. The molecule has 0 unspecified atom stereocenters. The Bertz CT molecular complexity index is 603. The molecule has 0 bridgehead atoms. The van der Waals surface area contributed by atoms with Crippen LogP contribution in [-0.4, -0.2) is 11.1 Å². The van der Waals surface area contributed by atoms with Gasteiger partial charge in [-0.3, -0.25) is 0 Å². The highest BCUT2D eigenvalue weighted by Crippen LogP contribution is 2.16. The molecule has 0 radical (unpaired) electrons. The Morgan fingerprint density at radius 3 is 2.67 bits per heavy atom. The first-order valence-corrected chi connectivity index (χ1v) is 6.81. The summed E-state index contributed by atoms with van der Waals surface area (Å²) in [7, 11) is 0. The molecule has 0 saturated heterocycles. The minimum Gasteiger partial charge on any atom is -0.475 e. The van der Waals surface area contributed by atoms with Gasteiger partial charge in [-0.25, -0.2) is 13.8 Å². The molecule has 0 amide bonds. The number of rotatable bonds is 6. The Hall–Kier alpha value is -2.01. The first-order chi connectivity index (χ1) is 10.1. The van der Waals surface area contributed by atoms with E-state index in [0.29, 0.717) is 18.0 Å². The van der Waals surface area contributed by atoms with Crippen LogP contribution < -0.4 is 10.1 Å². The van der Waals surface area contributed by atoms with Gasteiger partial charge in [0.05, 0.1) is 6.10 Å². The summed E-state index contributed by atoms with van der Waals surface area (Å²) in [6.07, 6.45) is 1.69. The minimum absolute atomic E-state index is 0.0271. The van der Waals surface area contributed by atoms with Crippen molar-refractivity contribution in [2.75, 3.05) is 0 Å². The summed E-state index contributed by atoms with van der Waals surface area (Å²) in [6.45, 7) is 4.55. The predicted octanol–water partition coefficient (Wildman–Crippen LogP) is 3.44. The third-order valence-corrected chi connectivity index (χ3v) is 2.84. The predicted molar refractivity (Wildman–Crippen MR) is 76.9 cm³/mol. The molecule has 0 aliphatic carbocycles. The van der Waals surface area contributed by atoms with Gasteiger partial charge in [0.25, 0.3) is 0 Å². The van der Waals surface area contributed by atoms with E-state index in [9.17, 15) is 8.78 Å². The van der Waals surface area contributed by atoms with Crippen LogP contribution in [-0.2, 0) is 13.1 Å². The van der Waals surface area contributed by atoms with E-state index in [1.807, 2.05) is 26.0 Å². The van der Waals surface area contributed by atoms with E-state index in [1.54, 1.807) is 6.20 Å². The summed E-state index contributed by atoms with van der Waals surface area (Å²) in [6, 6.07) is 7.13. The molecule has 1 N–H and O–H groups in total. The largest absolute Gasteiger partial charge is 0.475 e. The zero-order chi connectivity index (χ0) is 15.2. The van der Waals surface area contributed by atoms with Crippen LogP contribution in [0.1, 0.15) is 25.0 Å². The number of hydrogen-bond acceptors (Lipinski definition) is 3. The second-order valence-corrected chi connectivity index (χ2v) is 4.97. The quantitative estimate of drug-likeness (QED) is 0.885. The Kier molecular flexibility index (Phi) is 5.22. The molecule has 0 spiro atoms. The second-order valence-electron chi connectivity index (χ2n) is 4.97. The number of nitrogens with zero attached hydrogens (tertiary/aromatic N) is 1. The van der Waals surface area contributed by atoms with Crippen LogP contribution in [0.25, 0.3) is 0 Å². The lowest BCUT2D eigenvalue weighted by atomic mass is 10.2. The van der Waals surface area contributed by atoms with Gasteiger partial charge in [0, 0.05) is 30.4 Å².